The Labute approximate surface area is 238 Å². The first-order valence-corrected chi connectivity index (χ1v) is 12.3. The second kappa shape index (κ2) is 13.8. The number of hydrogen-bond donors (Lipinski definition) is 1. The number of nitrogens with zero attached hydrogens (tertiary/aromatic N) is 1. The molecule has 4 nitrogen and oxygen atoms in total. The van der Waals surface area contributed by atoms with Crippen LogP contribution in [-0.4, -0.2) is 55.4 Å². The number of allylic oxidation sites excluding steroid dienone is 5. The van der Waals surface area contributed by atoms with Crippen molar-refractivity contribution < 1.29 is 53.5 Å². The normalized spacial score (nSPS) is 14.6. The van der Waals surface area contributed by atoms with Crippen LogP contribution in [0.2, 0.25) is 0 Å². The van der Waals surface area contributed by atoms with Gasteiger partial charge in [0.2, 0.25) is 5.91 Å². The largest absolute Gasteiger partial charge is 0.416 e. The zero-order valence-corrected chi connectivity index (χ0v) is 23.6. The van der Waals surface area contributed by atoms with Gasteiger partial charge >= 0.3 is 18.5 Å². The molecule has 0 aliphatic rings. The molecule has 0 heterocycles. The summed E-state index contributed by atoms with van der Waals surface area (Å²) in [5, 5.41) is 1.72. The Morgan fingerprint density at radius 2 is 1.60 bits per heavy atom. The highest BCUT2D eigenvalue weighted by molar-refractivity contribution is 9.13. The number of benzene rings is 1. The molecule has 0 saturated heterocycles. The number of hydrogen-bond acceptors (Lipinski definition) is 2. The first kappa shape index (κ1) is 35.4. The Morgan fingerprint density at radius 1 is 1.02 bits per heavy atom. The van der Waals surface area contributed by atoms with Gasteiger partial charge in [0, 0.05) is 16.0 Å². The van der Waals surface area contributed by atoms with Gasteiger partial charge in [-0.05, 0) is 74.2 Å². The van der Waals surface area contributed by atoms with Crippen molar-refractivity contribution in [1.29, 1.82) is 0 Å². The van der Waals surface area contributed by atoms with Crippen molar-refractivity contribution in [1.82, 2.24) is 10.2 Å². The second-order valence-corrected chi connectivity index (χ2v) is 9.87. The van der Waals surface area contributed by atoms with E-state index in [-0.39, 0.29) is 21.0 Å². The quantitative estimate of drug-likeness (QED) is 0.161. The summed E-state index contributed by atoms with van der Waals surface area (Å²) in [6.45, 7) is 0.834. The molecule has 0 aromatic heterocycles. The molecule has 0 fully saturated rings. The van der Waals surface area contributed by atoms with Crippen LogP contribution >= 0.6 is 31.9 Å². The highest BCUT2D eigenvalue weighted by Crippen LogP contribution is 2.39. The van der Waals surface area contributed by atoms with Gasteiger partial charge < -0.3 is 10.2 Å². The lowest BCUT2D eigenvalue weighted by atomic mass is 9.96. The Balaban J connectivity index is 3.33. The van der Waals surface area contributed by atoms with E-state index in [0.717, 1.165) is 26.1 Å². The highest BCUT2D eigenvalue weighted by atomic mass is 79.9. The average molecular weight is 718 g/mol. The molecule has 0 aliphatic carbocycles. The minimum absolute atomic E-state index is 0.174. The van der Waals surface area contributed by atoms with Crippen molar-refractivity contribution >= 4 is 43.7 Å². The molecule has 0 spiro atoms. The van der Waals surface area contributed by atoms with Gasteiger partial charge in [0.05, 0.1) is 17.7 Å². The summed E-state index contributed by atoms with van der Waals surface area (Å²) in [4.78, 5) is 24.3. The lowest BCUT2D eigenvalue weighted by Gasteiger charge is -2.19. The van der Waals surface area contributed by atoms with Gasteiger partial charge in [0.15, 0.2) is 0 Å². The smallest absolute Gasteiger partial charge is 0.343 e. The number of alkyl halides is 9. The average Bonchev–Trinajstić information content (AvgIpc) is 2.79. The lowest BCUT2D eigenvalue weighted by Crippen LogP contribution is -2.42. The van der Waals surface area contributed by atoms with E-state index in [4.69, 9.17) is 0 Å². The van der Waals surface area contributed by atoms with Crippen molar-refractivity contribution in [3.63, 3.8) is 0 Å². The molecule has 0 bridgehead atoms. The second-order valence-electron chi connectivity index (χ2n) is 8.16. The van der Waals surface area contributed by atoms with E-state index in [1.54, 1.807) is 5.32 Å². The van der Waals surface area contributed by atoms with E-state index >= 15 is 0 Å². The summed E-state index contributed by atoms with van der Waals surface area (Å²) in [6.07, 6.45) is -13.7. The molecule has 1 aromatic rings. The van der Waals surface area contributed by atoms with Crippen molar-refractivity contribution in [2.24, 2.45) is 0 Å². The van der Waals surface area contributed by atoms with Gasteiger partial charge in [0.1, 0.15) is 18.3 Å². The third kappa shape index (κ3) is 11.1. The van der Waals surface area contributed by atoms with Crippen LogP contribution < -0.4 is 5.32 Å². The van der Waals surface area contributed by atoms with Crippen LogP contribution in [0.4, 0.5) is 43.9 Å². The van der Waals surface area contributed by atoms with Crippen LogP contribution in [0.1, 0.15) is 18.4 Å². The fraction of sp³-hybridized carbons (Fsp3) is 0.333. The summed E-state index contributed by atoms with van der Waals surface area (Å²) >= 11 is 6.14. The number of halogens is 12. The predicted molar refractivity (Wildman–Crippen MR) is 134 cm³/mol. The molecule has 1 N–H and O–H groups in total. The molecule has 0 radical (unpaired) electrons. The third-order valence-corrected chi connectivity index (χ3v) is 6.88. The Hall–Kier alpha value is -2.62. The molecule has 16 heteroatoms. The van der Waals surface area contributed by atoms with Gasteiger partial charge in [-0.25, -0.2) is 4.39 Å². The van der Waals surface area contributed by atoms with Gasteiger partial charge in [0.25, 0.3) is 5.91 Å². The number of likely N-dealkylation sites (N-methyl/N-ethyl adjacent to an activating group) is 1. The van der Waals surface area contributed by atoms with Gasteiger partial charge in [-0.15, -0.1) is 0 Å². The van der Waals surface area contributed by atoms with Gasteiger partial charge in [-0.1, -0.05) is 18.7 Å². The summed E-state index contributed by atoms with van der Waals surface area (Å²) < 4.78 is 133. The number of rotatable bonds is 9. The summed E-state index contributed by atoms with van der Waals surface area (Å²) in [5.41, 5.74) is -3.98. The van der Waals surface area contributed by atoms with Crippen LogP contribution in [0.5, 0.6) is 0 Å². The van der Waals surface area contributed by atoms with Crippen LogP contribution in [0.3, 0.4) is 0 Å². The summed E-state index contributed by atoms with van der Waals surface area (Å²) in [7, 11) is 0.746. The molecule has 0 saturated carbocycles. The standard InChI is InChI=1S/C24H20Br2F10N2O2/c1-12(19(27)9-16(24(34,35)36)14-5-7-17(25)18(26)8-14)4-6-15(13(2)23(31,32)33)21(40)37-10-20(39)38(3)11-22(28,29)30/h4-9,16H,2,10-11H2,1,3H3,(H,37,40)/b12-4+,15-6+,19-9-. The molecule has 0 aliphatic heterocycles. The number of nitrogens with one attached hydrogen (secondary N) is 1. The van der Waals surface area contributed by atoms with Crippen LogP contribution in [0.25, 0.3) is 0 Å². The van der Waals surface area contributed by atoms with Crippen molar-refractivity contribution in [2.75, 3.05) is 20.1 Å². The zero-order valence-electron chi connectivity index (χ0n) is 20.5. The third-order valence-electron chi connectivity index (χ3n) is 5.00. The fourth-order valence-electron chi connectivity index (χ4n) is 2.86. The van der Waals surface area contributed by atoms with E-state index in [1.165, 1.54) is 6.07 Å². The van der Waals surface area contributed by atoms with Gasteiger partial charge in [-0.3, -0.25) is 9.59 Å². The molecule has 222 valence electrons. The van der Waals surface area contributed by atoms with E-state index in [0.29, 0.717) is 16.6 Å². The Kier molecular flexibility index (Phi) is 12.2. The maximum Gasteiger partial charge on any atom is 0.416 e. The molecule has 40 heavy (non-hydrogen) atoms. The van der Waals surface area contributed by atoms with E-state index in [1.807, 2.05) is 0 Å². The first-order valence-electron chi connectivity index (χ1n) is 10.7. The molecule has 1 atom stereocenters. The van der Waals surface area contributed by atoms with E-state index in [2.05, 4.69) is 38.4 Å². The molecule has 1 unspecified atom stereocenters. The summed E-state index contributed by atoms with van der Waals surface area (Å²) in [5.74, 6) is -6.81. The maximum atomic E-state index is 14.8. The predicted octanol–water partition coefficient (Wildman–Crippen LogP) is 7.84. The van der Waals surface area contributed by atoms with E-state index in [9.17, 15) is 53.5 Å². The Morgan fingerprint density at radius 3 is 2.08 bits per heavy atom. The van der Waals surface area contributed by atoms with Crippen LogP contribution in [0, 0.1) is 0 Å². The van der Waals surface area contributed by atoms with Crippen LogP contribution in [0.15, 0.2) is 74.5 Å². The first-order chi connectivity index (χ1) is 18.0. The number of carbonyl (C=O) groups is 2. The van der Waals surface area contributed by atoms with Crippen LogP contribution in [-0.2, 0) is 9.59 Å². The highest BCUT2D eigenvalue weighted by Gasteiger charge is 2.40. The SMILES string of the molecule is C=C(\C(=C/C=C(C)/C(F)=C/C(c1ccc(Br)c(Br)c1)C(F)(F)F)C(=O)NCC(=O)N(C)CC(F)(F)F)C(F)(F)F. The molecular formula is C24H20Br2F10N2O2. The monoisotopic (exact) mass is 716 g/mol. The van der Waals surface area contributed by atoms with E-state index < -0.39 is 71.9 Å². The molecular weight excluding hydrogens is 698 g/mol. The molecule has 1 aromatic carbocycles. The van der Waals surface area contributed by atoms with Gasteiger partial charge in [-0.2, -0.15) is 39.5 Å². The maximum absolute atomic E-state index is 14.8. The molecule has 2 amide bonds. The topological polar surface area (TPSA) is 49.4 Å². The molecule has 1 rings (SSSR count). The fourth-order valence-corrected chi connectivity index (χ4v) is 3.50. The van der Waals surface area contributed by atoms with Crippen molar-refractivity contribution in [3.05, 3.63) is 80.1 Å². The minimum atomic E-state index is -5.20. The van der Waals surface area contributed by atoms with Crippen molar-refractivity contribution in [2.45, 2.75) is 31.4 Å². The number of amides is 2. The lowest BCUT2D eigenvalue weighted by molar-refractivity contribution is -0.157. The summed E-state index contributed by atoms with van der Waals surface area (Å²) in [6, 6.07) is 3.46. The zero-order chi connectivity index (χ0) is 31.2. The number of carbonyl (C=O) groups excluding carboxylic acids is 2. The van der Waals surface area contributed by atoms with Crippen molar-refractivity contribution in [3.8, 4) is 0 Å². The minimum Gasteiger partial charge on any atom is -0.343 e. The Bertz CT molecular complexity index is 1220.